The van der Waals surface area contributed by atoms with E-state index in [0.717, 1.165) is 37.8 Å². The molecule has 1 atom stereocenters. The third-order valence-corrected chi connectivity index (χ3v) is 6.80. The van der Waals surface area contributed by atoms with Gasteiger partial charge in [-0.2, -0.15) is 5.10 Å². The van der Waals surface area contributed by atoms with Crippen molar-refractivity contribution in [2.45, 2.75) is 71.0 Å². The number of H-pyrrole nitrogens is 1. The van der Waals surface area contributed by atoms with Crippen molar-refractivity contribution in [1.29, 1.82) is 0 Å². The van der Waals surface area contributed by atoms with Crippen LogP contribution in [0.1, 0.15) is 67.3 Å². The summed E-state index contributed by atoms with van der Waals surface area (Å²) in [5, 5.41) is 4.36. The van der Waals surface area contributed by atoms with Gasteiger partial charge < -0.3 is 14.8 Å². The van der Waals surface area contributed by atoms with Crippen LogP contribution in [0.2, 0.25) is 0 Å². The van der Waals surface area contributed by atoms with Gasteiger partial charge in [-0.1, -0.05) is 0 Å². The molecule has 4 heterocycles. The highest BCUT2D eigenvalue weighted by Gasteiger charge is 2.36. The first kappa shape index (κ1) is 20.9. The number of fused-ring (bicyclic) bond motifs is 1. The summed E-state index contributed by atoms with van der Waals surface area (Å²) in [6, 6.07) is 1.69. The van der Waals surface area contributed by atoms with Crippen molar-refractivity contribution in [2.75, 3.05) is 13.1 Å². The summed E-state index contributed by atoms with van der Waals surface area (Å²) in [5.74, 6) is 0.942. The van der Waals surface area contributed by atoms with Crippen molar-refractivity contribution in [1.82, 2.24) is 29.5 Å². The predicted molar refractivity (Wildman–Crippen MR) is 117 cm³/mol. The van der Waals surface area contributed by atoms with Crippen LogP contribution in [0, 0.1) is 12.8 Å². The average molecular weight is 439 g/mol. The lowest BCUT2D eigenvalue weighted by Gasteiger charge is -2.36. The molecule has 1 saturated carbocycles. The molecule has 1 N–H and O–H groups in total. The maximum atomic E-state index is 13.1. The molecule has 2 aromatic heterocycles. The van der Waals surface area contributed by atoms with E-state index in [0.29, 0.717) is 56.1 Å². The number of amides is 2. The average Bonchev–Trinajstić information content (AvgIpc) is 3.57. The fraction of sp³-hybridized carbons (Fsp3) is 0.609. The molecule has 170 valence electrons. The normalized spacial score (nSPS) is 20.8. The predicted octanol–water partition coefficient (Wildman–Crippen LogP) is 1.71. The summed E-state index contributed by atoms with van der Waals surface area (Å²) in [5.41, 5.74) is 2.16. The molecule has 0 unspecified atom stereocenters. The van der Waals surface area contributed by atoms with E-state index in [2.05, 4.69) is 10.1 Å². The fourth-order valence-corrected chi connectivity index (χ4v) is 4.85. The third kappa shape index (κ3) is 4.20. The Balaban J connectivity index is 1.34. The number of carbonyl (C=O) groups excluding carboxylic acids is 2. The first-order chi connectivity index (χ1) is 15.5. The van der Waals surface area contributed by atoms with Gasteiger partial charge in [-0.05, 0) is 51.5 Å². The van der Waals surface area contributed by atoms with Crippen LogP contribution in [-0.4, -0.2) is 54.5 Å². The lowest BCUT2D eigenvalue weighted by molar-refractivity contribution is -0.135. The van der Waals surface area contributed by atoms with E-state index in [9.17, 15) is 14.4 Å². The maximum Gasteiger partial charge on any atom is 0.254 e. The van der Waals surface area contributed by atoms with Crippen LogP contribution in [0.25, 0.3) is 0 Å². The van der Waals surface area contributed by atoms with Crippen molar-refractivity contribution in [3.8, 4) is 0 Å². The van der Waals surface area contributed by atoms with Crippen LogP contribution in [0.5, 0.6) is 0 Å². The minimum Gasteiger partial charge on any atom is -0.336 e. The Morgan fingerprint density at radius 2 is 2.03 bits per heavy atom. The van der Waals surface area contributed by atoms with Gasteiger partial charge in [-0.25, -0.2) is 4.98 Å². The van der Waals surface area contributed by atoms with Gasteiger partial charge in [-0.15, -0.1) is 0 Å². The van der Waals surface area contributed by atoms with E-state index >= 15 is 0 Å². The van der Waals surface area contributed by atoms with Crippen molar-refractivity contribution < 1.29 is 9.59 Å². The van der Waals surface area contributed by atoms with Crippen molar-refractivity contribution >= 4 is 11.8 Å². The van der Waals surface area contributed by atoms with Crippen LogP contribution in [-0.2, 0) is 29.1 Å². The van der Waals surface area contributed by atoms with Gasteiger partial charge in [0.05, 0.1) is 24.0 Å². The molecule has 0 bridgehead atoms. The molecule has 2 amide bonds. The molecule has 2 aliphatic heterocycles. The molecule has 2 aromatic rings. The summed E-state index contributed by atoms with van der Waals surface area (Å²) in [4.78, 5) is 49.9. The highest BCUT2D eigenvalue weighted by atomic mass is 16.2. The van der Waals surface area contributed by atoms with Gasteiger partial charge in [-0.3, -0.25) is 19.1 Å². The monoisotopic (exact) mass is 438 g/mol. The van der Waals surface area contributed by atoms with Crippen LogP contribution < -0.4 is 5.56 Å². The highest BCUT2D eigenvalue weighted by molar-refractivity contribution is 5.81. The van der Waals surface area contributed by atoms with Gasteiger partial charge in [0.2, 0.25) is 11.8 Å². The number of nitrogens with one attached hydrogen (secondary N) is 1. The molecule has 0 spiro atoms. The second kappa shape index (κ2) is 8.52. The van der Waals surface area contributed by atoms with Crippen LogP contribution >= 0.6 is 0 Å². The molecule has 2 fully saturated rings. The lowest BCUT2D eigenvalue weighted by Crippen LogP contribution is -2.43. The minimum atomic E-state index is -0.233. The van der Waals surface area contributed by atoms with E-state index in [4.69, 9.17) is 4.98 Å². The standard InChI is InChI=1S/C23H30N6O3/c1-15-7-12-28(26-15)13-9-20(30)29-10-3-2-4-19(29)21-24-18-14-27(23(32)16-5-6-16)11-8-17(18)22(31)25-21/h7,12,16,19H,2-6,8-11,13-14H2,1H3,(H,24,25,31)/t19-/m1/s1. The Labute approximate surface area is 186 Å². The van der Waals surface area contributed by atoms with E-state index in [1.165, 1.54) is 0 Å². The molecule has 5 rings (SSSR count). The summed E-state index contributed by atoms with van der Waals surface area (Å²) in [6.45, 7) is 4.09. The van der Waals surface area contributed by atoms with Crippen molar-refractivity contribution in [3.63, 3.8) is 0 Å². The zero-order valence-corrected chi connectivity index (χ0v) is 18.5. The van der Waals surface area contributed by atoms with Crippen LogP contribution in [0.4, 0.5) is 0 Å². The first-order valence-electron chi connectivity index (χ1n) is 11.7. The second-order valence-electron chi connectivity index (χ2n) is 9.23. The summed E-state index contributed by atoms with van der Waals surface area (Å²) < 4.78 is 1.79. The zero-order chi connectivity index (χ0) is 22.2. The largest absolute Gasteiger partial charge is 0.336 e. The topological polar surface area (TPSA) is 104 Å². The van der Waals surface area contributed by atoms with E-state index in [1.807, 2.05) is 29.0 Å². The molecule has 0 aromatic carbocycles. The number of likely N-dealkylation sites (tertiary alicyclic amines) is 1. The second-order valence-corrected chi connectivity index (χ2v) is 9.23. The van der Waals surface area contributed by atoms with Gasteiger partial charge in [0.25, 0.3) is 5.56 Å². The number of piperidine rings is 1. The van der Waals surface area contributed by atoms with Gasteiger partial charge >= 0.3 is 0 Å². The van der Waals surface area contributed by atoms with Crippen LogP contribution in [0.15, 0.2) is 17.1 Å². The number of aromatic amines is 1. The number of nitrogens with zero attached hydrogens (tertiary/aromatic N) is 5. The number of carbonyl (C=O) groups is 2. The van der Waals surface area contributed by atoms with Crippen molar-refractivity contribution in [3.05, 3.63) is 45.4 Å². The molecule has 9 heteroatoms. The van der Waals surface area contributed by atoms with Gasteiger partial charge in [0.15, 0.2) is 0 Å². The fourth-order valence-electron chi connectivity index (χ4n) is 4.85. The molecular weight excluding hydrogens is 408 g/mol. The molecule has 32 heavy (non-hydrogen) atoms. The number of hydrogen-bond acceptors (Lipinski definition) is 5. The number of aromatic nitrogens is 4. The summed E-state index contributed by atoms with van der Waals surface area (Å²) in [6.07, 6.45) is 7.42. The minimum absolute atomic E-state index is 0.0498. The lowest BCUT2D eigenvalue weighted by atomic mass is 9.99. The molecule has 3 aliphatic rings. The van der Waals surface area contributed by atoms with E-state index in [-0.39, 0.29) is 29.3 Å². The number of rotatable bonds is 5. The number of hydrogen-bond donors (Lipinski definition) is 1. The Hall–Kier alpha value is -2.97. The molecular formula is C23H30N6O3. The van der Waals surface area contributed by atoms with E-state index in [1.54, 1.807) is 4.68 Å². The number of aryl methyl sites for hydroxylation is 2. The van der Waals surface area contributed by atoms with E-state index < -0.39 is 0 Å². The smallest absolute Gasteiger partial charge is 0.254 e. The van der Waals surface area contributed by atoms with Gasteiger partial charge in [0.1, 0.15) is 5.82 Å². The Kier molecular flexibility index (Phi) is 5.57. The molecule has 1 aliphatic carbocycles. The molecule has 9 nitrogen and oxygen atoms in total. The molecule has 1 saturated heterocycles. The quantitative estimate of drug-likeness (QED) is 0.765. The maximum absolute atomic E-state index is 13.1. The SMILES string of the molecule is Cc1ccn(CCC(=O)N2CCCC[C@@H]2c2nc3c(c(=O)[nH]2)CCN(C(=O)C2CC2)C3)n1. The zero-order valence-electron chi connectivity index (χ0n) is 18.5. The third-order valence-electron chi connectivity index (χ3n) is 6.80. The summed E-state index contributed by atoms with van der Waals surface area (Å²) in [7, 11) is 0. The Morgan fingerprint density at radius 1 is 1.19 bits per heavy atom. The summed E-state index contributed by atoms with van der Waals surface area (Å²) >= 11 is 0. The Bertz CT molecular complexity index is 1090. The van der Waals surface area contributed by atoms with Crippen LogP contribution in [0.3, 0.4) is 0 Å². The van der Waals surface area contributed by atoms with Crippen molar-refractivity contribution in [2.24, 2.45) is 5.92 Å². The Morgan fingerprint density at radius 3 is 2.78 bits per heavy atom. The highest BCUT2D eigenvalue weighted by Crippen LogP contribution is 2.33. The van der Waals surface area contributed by atoms with Gasteiger partial charge in [0, 0.05) is 43.7 Å². The molecule has 0 radical (unpaired) electrons. The first-order valence-corrected chi connectivity index (χ1v) is 11.7.